The van der Waals surface area contributed by atoms with E-state index in [2.05, 4.69) is 10.6 Å². The Hall–Kier alpha value is -4.34. The zero-order valence-electron chi connectivity index (χ0n) is 17.2. The van der Waals surface area contributed by atoms with Gasteiger partial charge in [-0.15, -0.1) is 0 Å². The van der Waals surface area contributed by atoms with Gasteiger partial charge in [0.25, 0.3) is 11.6 Å². The number of nitro benzene ring substituents is 1. The lowest BCUT2D eigenvalue weighted by atomic mass is 10.0. The summed E-state index contributed by atoms with van der Waals surface area (Å²) in [6.45, 7) is -0.851. The van der Waals surface area contributed by atoms with Crippen LogP contribution in [0.1, 0.15) is 11.1 Å². The van der Waals surface area contributed by atoms with E-state index < -0.39 is 41.5 Å². The van der Waals surface area contributed by atoms with E-state index in [1.54, 1.807) is 0 Å². The summed E-state index contributed by atoms with van der Waals surface area (Å²) in [5, 5.41) is 15.8. The Balaban J connectivity index is 1.56. The van der Waals surface area contributed by atoms with Crippen molar-refractivity contribution in [3.8, 4) is 5.75 Å². The van der Waals surface area contributed by atoms with Crippen LogP contribution >= 0.6 is 0 Å². The molecule has 0 aliphatic heterocycles. The molecule has 0 fully saturated rings. The summed E-state index contributed by atoms with van der Waals surface area (Å²) in [5.74, 6) is -3.12. The smallest absolute Gasteiger partial charge is 0.269 e. The monoisotopic (exact) mass is 455 g/mol. The lowest BCUT2D eigenvalue weighted by molar-refractivity contribution is -0.384. The molecule has 10 heteroatoms. The van der Waals surface area contributed by atoms with E-state index in [4.69, 9.17) is 4.74 Å². The third kappa shape index (κ3) is 6.82. The molecule has 3 aromatic rings. The van der Waals surface area contributed by atoms with Gasteiger partial charge in [-0.05, 0) is 23.8 Å². The molecule has 3 aromatic carbocycles. The summed E-state index contributed by atoms with van der Waals surface area (Å²) in [6, 6.07) is 16.2. The van der Waals surface area contributed by atoms with E-state index in [0.29, 0.717) is 17.7 Å². The third-order valence-electron chi connectivity index (χ3n) is 4.50. The van der Waals surface area contributed by atoms with E-state index in [0.717, 1.165) is 17.7 Å². The van der Waals surface area contributed by atoms with Gasteiger partial charge >= 0.3 is 0 Å². The number of non-ortho nitro benzene ring substituents is 1. The van der Waals surface area contributed by atoms with Gasteiger partial charge in [0.1, 0.15) is 5.75 Å². The maximum absolute atomic E-state index is 13.2. The van der Waals surface area contributed by atoms with E-state index in [-0.39, 0.29) is 11.4 Å². The lowest BCUT2D eigenvalue weighted by Crippen LogP contribution is -2.35. The molecule has 2 amide bonds. The van der Waals surface area contributed by atoms with Crippen LogP contribution in [0.3, 0.4) is 0 Å². The third-order valence-corrected chi connectivity index (χ3v) is 4.50. The Morgan fingerprint density at radius 3 is 2.39 bits per heavy atom. The maximum Gasteiger partial charge on any atom is 0.269 e. The Bertz CT molecular complexity index is 1170. The molecule has 0 aromatic heterocycles. The van der Waals surface area contributed by atoms with Crippen LogP contribution in [0.4, 0.5) is 20.2 Å². The highest BCUT2D eigenvalue weighted by atomic mass is 19.2. The number of hydrogen-bond donors (Lipinski definition) is 2. The predicted molar refractivity (Wildman–Crippen MR) is 116 cm³/mol. The molecule has 0 radical (unpaired) electrons. The number of halogens is 2. The Morgan fingerprint density at radius 1 is 0.939 bits per heavy atom. The normalized spacial score (nSPS) is 10.4. The highest BCUT2D eigenvalue weighted by Crippen LogP contribution is 2.26. The minimum Gasteiger partial charge on any atom is -0.483 e. The van der Waals surface area contributed by atoms with Crippen molar-refractivity contribution in [1.82, 2.24) is 5.32 Å². The largest absolute Gasteiger partial charge is 0.483 e. The van der Waals surface area contributed by atoms with E-state index in [9.17, 15) is 28.5 Å². The molecule has 8 nitrogen and oxygen atoms in total. The molecule has 2 N–H and O–H groups in total. The number of anilines is 1. The van der Waals surface area contributed by atoms with Gasteiger partial charge in [0.2, 0.25) is 5.91 Å². The minimum absolute atomic E-state index is 0.0424. The van der Waals surface area contributed by atoms with Crippen LogP contribution in [0.5, 0.6) is 5.75 Å². The molecule has 33 heavy (non-hydrogen) atoms. The van der Waals surface area contributed by atoms with Crippen molar-refractivity contribution in [3.05, 3.63) is 99.6 Å². The number of carbonyl (C=O) groups is 2. The molecule has 0 saturated carbocycles. The van der Waals surface area contributed by atoms with E-state index in [1.165, 1.54) is 24.3 Å². The zero-order valence-corrected chi connectivity index (χ0v) is 17.2. The first-order valence-electron chi connectivity index (χ1n) is 9.77. The van der Waals surface area contributed by atoms with E-state index >= 15 is 0 Å². The van der Waals surface area contributed by atoms with Gasteiger partial charge in [0, 0.05) is 35.9 Å². The second-order valence-electron chi connectivity index (χ2n) is 6.95. The number of nitro groups is 1. The minimum atomic E-state index is -1.11. The molecule has 170 valence electrons. The topological polar surface area (TPSA) is 111 Å². The Morgan fingerprint density at radius 2 is 1.70 bits per heavy atom. The van der Waals surface area contributed by atoms with Crippen molar-refractivity contribution in [2.45, 2.75) is 6.42 Å². The number of nitrogens with zero attached hydrogens (tertiary/aromatic N) is 1. The molecule has 0 saturated heterocycles. The Kier molecular flexibility index (Phi) is 7.64. The van der Waals surface area contributed by atoms with Gasteiger partial charge in [-0.25, -0.2) is 8.78 Å². The predicted octanol–water partition coefficient (Wildman–Crippen LogP) is 3.60. The van der Waals surface area contributed by atoms with E-state index in [1.807, 2.05) is 30.3 Å². The lowest BCUT2D eigenvalue weighted by Gasteiger charge is -2.12. The van der Waals surface area contributed by atoms with Crippen molar-refractivity contribution in [3.63, 3.8) is 0 Å². The molecule has 0 aliphatic rings. The molecule has 0 aliphatic carbocycles. The fourth-order valence-electron chi connectivity index (χ4n) is 2.93. The number of hydrogen-bond acceptors (Lipinski definition) is 5. The standard InChI is InChI=1S/C23H19F2N3O5/c24-19-8-6-17(12-20(19)25)27-22(29)13-26-23(30)14-33-21-9-7-18(28(31)32)11-16(21)10-15-4-2-1-3-5-15/h1-9,11-12H,10,13-14H2,(H,26,30)(H,27,29). The number of carbonyl (C=O) groups excluding carboxylic acids is 2. The van der Waals surface area contributed by atoms with Crippen LogP contribution < -0.4 is 15.4 Å². The van der Waals surface area contributed by atoms with Crippen LogP contribution in [0.25, 0.3) is 0 Å². The number of benzene rings is 3. The molecular weight excluding hydrogens is 436 g/mol. The van der Waals surface area contributed by atoms with Gasteiger partial charge in [-0.3, -0.25) is 19.7 Å². The van der Waals surface area contributed by atoms with Crippen LogP contribution in [0, 0.1) is 21.7 Å². The molecule has 3 rings (SSSR count). The molecule has 0 atom stereocenters. The van der Waals surface area contributed by atoms with Crippen molar-refractivity contribution >= 4 is 23.2 Å². The van der Waals surface area contributed by atoms with Gasteiger partial charge in [-0.1, -0.05) is 30.3 Å². The highest BCUT2D eigenvalue weighted by molar-refractivity contribution is 5.94. The fraction of sp³-hybridized carbons (Fsp3) is 0.130. The van der Waals surface area contributed by atoms with Gasteiger partial charge < -0.3 is 15.4 Å². The maximum atomic E-state index is 13.2. The Labute approximate surface area is 187 Å². The summed E-state index contributed by atoms with van der Waals surface area (Å²) < 4.78 is 31.7. The first-order chi connectivity index (χ1) is 15.8. The number of nitrogens with one attached hydrogen (secondary N) is 2. The zero-order chi connectivity index (χ0) is 23.8. The summed E-state index contributed by atoms with van der Waals surface area (Å²) in [7, 11) is 0. The molecular formula is C23H19F2N3O5. The summed E-state index contributed by atoms with van der Waals surface area (Å²) in [6.07, 6.45) is 0.357. The average Bonchev–Trinajstić information content (AvgIpc) is 2.80. The van der Waals surface area contributed by atoms with Crippen LogP contribution in [-0.4, -0.2) is 29.9 Å². The highest BCUT2D eigenvalue weighted by Gasteiger charge is 2.14. The number of rotatable bonds is 9. The number of amides is 2. The van der Waals surface area contributed by atoms with Crippen LogP contribution in [0.2, 0.25) is 0 Å². The summed E-state index contributed by atoms with van der Waals surface area (Å²) >= 11 is 0. The van der Waals surface area contributed by atoms with Gasteiger partial charge in [0.05, 0.1) is 11.5 Å². The average molecular weight is 455 g/mol. The fourth-order valence-corrected chi connectivity index (χ4v) is 2.93. The second kappa shape index (κ2) is 10.8. The van der Waals surface area contributed by atoms with Crippen LogP contribution in [0.15, 0.2) is 66.7 Å². The molecule has 0 bridgehead atoms. The number of ether oxygens (including phenoxy) is 1. The van der Waals surface area contributed by atoms with Gasteiger partial charge in [0.15, 0.2) is 18.2 Å². The first-order valence-corrected chi connectivity index (χ1v) is 9.77. The van der Waals surface area contributed by atoms with Crippen molar-refractivity contribution in [1.29, 1.82) is 0 Å². The SMILES string of the molecule is O=C(COc1ccc([N+](=O)[O-])cc1Cc1ccccc1)NCC(=O)Nc1ccc(F)c(F)c1. The van der Waals surface area contributed by atoms with Crippen molar-refractivity contribution < 1.29 is 28.0 Å². The summed E-state index contributed by atoms with van der Waals surface area (Å²) in [5.41, 5.74) is 1.37. The first kappa shape index (κ1) is 23.3. The second-order valence-corrected chi connectivity index (χ2v) is 6.95. The quantitative estimate of drug-likeness (QED) is 0.378. The van der Waals surface area contributed by atoms with Gasteiger partial charge in [-0.2, -0.15) is 0 Å². The van der Waals surface area contributed by atoms with Crippen molar-refractivity contribution in [2.24, 2.45) is 0 Å². The molecule has 0 spiro atoms. The van der Waals surface area contributed by atoms with Crippen LogP contribution in [-0.2, 0) is 16.0 Å². The molecule has 0 heterocycles. The van der Waals surface area contributed by atoms with Crippen molar-refractivity contribution in [2.75, 3.05) is 18.5 Å². The summed E-state index contributed by atoms with van der Waals surface area (Å²) in [4.78, 5) is 34.6. The molecule has 0 unspecified atom stereocenters.